The summed E-state index contributed by atoms with van der Waals surface area (Å²) >= 11 is 0. The Bertz CT molecular complexity index is 1410. The third-order valence-electron chi connectivity index (χ3n) is 8.08. The molecule has 1 aliphatic carbocycles. The minimum Gasteiger partial charge on any atom is -0.492 e. The van der Waals surface area contributed by atoms with E-state index in [2.05, 4.69) is 51.5 Å². The van der Waals surface area contributed by atoms with Crippen molar-refractivity contribution in [3.63, 3.8) is 0 Å². The molecule has 1 saturated heterocycles. The lowest BCUT2D eigenvalue weighted by atomic mass is 9.69. The van der Waals surface area contributed by atoms with Crippen molar-refractivity contribution < 1.29 is 9.53 Å². The van der Waals surface area contributed by atoms with Gasteiger partial charge in [0.2, 0.25) is 5.91 Å². The number of piperidine rings is 1. The maximum Gasteiger partial charge on any atom is 0.226 e. The summed E-state index contributed by atoms with van der Waals surface area (Å²) in [6.07, 6.45) is 10.6. The number of hydrogen-bond donors (Lipinski definition) is 2. The van der Waals surface area contributed by atoms with E-state index in [0.717, 1.165) is 84.4 Å². The van der Waals surface area contributed by atoms with E-state index in [4.69, 9.17) is 9.72 Å². The van der Waals surface area contributed by atoms with Crippen molar-refractivity contribution in [2.75, 3.05) is 24.6 Å². The van der Waals surface area contributed by atoms with Crippen LogP contribution in [0.4, 0.5) is 5.82 Å². The van der Waals surface area contributed by atoms with Crippen LogP contribution < -0.4 is 15.0 Å². The third-order valence-corrected chi connectivity index (χ3v) is 8.08. The normalized spacial score (nSPS) is 18.8. The van der Waals surface area contributed by atoms with Crippen LogP contribution in [-0.4, -0.2) is 55.9 Å². The molecule has 0 aromatic carbocycles. The molecule has 0 atom stereocenters. The van der Waals surface area contributed by atoms with E-state index in [0.29, 0.717) is 6.61 Å². The molecule has 6 rings (SSSR count). The third kappa shape index (κ3) is 3.86. The first kappa shape index (κ1) is 22.8. The van der Waals surface area contributed by atoms with Crippen LogP contribution in [0.3, 0.4) is 0 Å². The number of fused-ring (bicyclic) bond motifs is 3. The van der Waals surface area contributed by atoms with Gasteiger partial charge in [-0.3, -0.25) is 9.89 Å². The molecule has 36 heavy (non-hydrogen) atoms. The molecular formula is C27H33N7O2. The van der Waals surface area contributed by atoms with Crippen molar-refractivity contribution in [1.29, 1.82) is 0 Å². The van der Waals surface area contributed by atoms with Gasteiger partial charge in [-0.15, -0.1) is 5.10 Å². The van der Waals surface area contributed by atoms with Gasteiger partial charge in [0.25, 0.3) is 0 Å². The summed E-state index contributed by atoms with van der Waals surface area (Å²) in [7, 11) is 0. The molecule has 0 spiro atoms. The SMILES string of the molecule is CCOc1cc(-c2ccc(N3CCC(C)(NC(=O)C4(C)CCC4)CC3)nc2)c2c3cn[nH]c3nn2c1. The van der Waals surface area contributed by atoms with Gasteiger partial charge in [-0.25, -0.2) is 9.50 Å². The Morgan fingerprint density at radius 2 is 1.97 bits per heavy atom. The van der Waals surface area contributed by atoms with Gasteiger partial charge in [-0.05, 0) is 57.7 Å². The number of aromatic nitrogens is 5. The van der Waals surface area contributed by atoms with Crippen LogP contribution in [0.2, 0.25) is 0 Å². The first-order valence-corrected chi connectivity index (χ1v) is 12.9. The smallest absolute Gasteiger partial charge is 0.226 e. The lowest BCUT2D eigenvalue weighted by molar-refractivity contribution is -0.136. The number of pyridine rings is 2. The second-order valence-corrected chi connectivity index (χ2v) is 10.8. The minimum atomic E-state index is -0.167. The highest BCUT2D eigenvalue weighted by Gasteiger charge is 2.42. The number of carbonyl (C=O) groups excluding carboxylic acids is 1. The molecule has 0 radical (unpaired) electrons. The average Bonchev–Trinajstić information content (AvgIpc) is 3.44. The Hall–Kier alpha value is -3.62. The first-order valence-electron chi connectivity index (χ1n) is 12.9. The van der Waals surface area contributed by atoms with Gasteiger partial charge in [0.05, 0.1) is 29.9 Å². The zero-order valence-corrected chi connectivity index (χ0v) is 21.2. The molecule has 2 N–H and O–H groups in total. The zero-order chi connectivity index (χ0) is 24.9. The summed E-state index contributed by atoms with van der Waals surface area (Å²) in [5.74, 6) is 1.94. The fraction of sp³-hybridized carbons (Fsp3) is 0.481. The Labute approximate surface area is 210 Å². The van der Waals surface area contributed by atoms with Crippen molar-refractivity contribution >= 4 is 28.3 Å². The van der Waals surface area contributed by atoms with Gasteiger partial charge >= 0.3 is 0 Å². The fourth-order valence-corrected chi connectivity index (χ4v) is 5.45. The molecule has 2 fully saturated rings. The van der Waals surface area contributed by atoms with E-state index in [1.165, 1.54) is 0 Å². The number of rotatable bonds is 6. The highest BCUT2D eigenvalue weighted by molar-refractivity contribution is 6.00. The summed E-state index contributed by atoms with van der Waals surface area (Å²) in [5.41, 5.74) is 3.39. The first-order chi connectivity index (χ1) is 17.4. The summed E-state index contributed by atoms with van der Waals surface area (Å²) < 4.78 is 7.65. The molecular weight excluding hydrogens is 454 g/mol. The van der Waals surface area contributed by atoms with Crippen molar-refractivity contribution in [1.82, 2.24) is 30.1 Å². The van der Waals surface area contributed by atoms with Gasteiger partial charge in [0.15, 0.2) is 5.65 Å². The van der Waals surface area contributed by atoms with Gasteiger partial charge in [0.1, 0.15) is 11.6 Å². The van der Waals surface area contributed by atoms with Crippen molar-refractivity contribution in [2.24, 2.45) is 5.41 Å². The van der Waals surface area contributed by atoms with Crippen LogP contribution >= 0.6 is 0 Å². The monoisotopic (exact) mass is 487 g/mol. The fourth-order valence-electron chi connectivity index (χ4n) is 5.45. The molecule has 2 aliphatic rings. The molecule has 1 aliphatic heterocycles. The zero-order valence-electron chi connectivity index (χ0n) is 21.2. The standard InChI is InChI=1S/C27H33N7O2/c1-4-36-19-14-20(23-21-16-29-31-24(21)32-34(23)17-19)18-6-7-22(28-15-18)33-12-10-27(3,11-13-33)30-25(35)26(2)8-5-9-26/h6-7,14-17H,4-5,8-13H2,1-3H3,(H,30,35)(H,31,32). The van der Waals surface area contributed by atoms with E-state index in [1.807, 2.05) is 29.9 Å². The van der Waals surface area contributed by atoms with Gasteiger partial charge in [-0.1, -0.05) is 13.3 Å². The molecule has 9 nitrogen and oxygen atoms in total. The van der Waals surface area contributed by atoms with Crippen LogP contribution in [0.25, 0.3) is 27.7 Å². The quantitative estimate of drug-likeness (QED) is 0.420. The summed E-state index contributed by atoms with van der Waals surface area (Å²) in [4.78, 5) is 19.9. The second-order valence-electron chi connectivity index (χ2n) is 10.8. The van der Waals surface area contributed by atoms with Crippen LogP contribution in [0.5, 0.6) is 5.75 Å². The van der Waals surface area contributed by atoms with Crippen LogP contribution in [0.1, 0.15) is 52.9 Å². The van der Waals surface area contributed by atoms with Crippen LogP contribution in [0, 0.1) is 5.41 Å². The number of amides is 1. The number of ether oxygens (including phenoxy) is 1. The van der Waals surface area contributed by atoms with Gasteiger partial charge in [0, 0.05) is 41.4 Å². The second kappa shape index (κ2) is 8.50. The largest absolute Gasteiger partial charge is 0.492 e. The molecule has 9 heteroatoms. The van der Waals surface area contributed by atoms with E-state index in [-0.39, 0.29) is 16.9 Å². The molecule has 1 saturated carbocycles. The molecule has 1 amide bonds. The lowest BCUT2D eigenvalue weighted by Gasteiger charge is -2.44. The molecule has 5 heterocycles. The molecule has 4 aromatic heterocycles. The topological polar surface area (TPSA) is 100 Å². The number of hydrogen-bond acceptors (Lipinski definition) is 6. The number of carbonyl (C=O) groups is 1. The number of nitrogens with one attached hydrogen (secondary N) is 2. The van der Waals surface area contributed by atoms with E-state index < -0.39 is 0 Å². The lowest BCUT2D eigenvalue weighted by Crippen LogP contribution is -2.57. The van der Waals surface area contributed by atoms with Gasteiger partial charge in [-0.2, -0.15) is 5.10 Å². The Morgan fingerprint density at radius 1 is 1.17 bits per heavy atom. The molecule has 188 valence electrons. The molecule has 4 aromatic rings. The highest BCUT2D eigenvalue weighted by atomic mass is 16.5. The Morgan fingerprint density at radius 3 is 2.64 bits per heavy atom. The molecule has 0 unspecified atom stereocenters. The predicted octanol–water partition coefficient (Wildman–Crippen LogP) is 4.34. The van der Waals surface area contributed by atoms with Crippen molar-refractivity contribution in [3.05, 3.63) is 36.8 Å². The minimum absolute atomic E-state index is 0.157. The van der Waals surface area contributed by atoms with E-state index >= 15 is 0 Å². The van der Waals surface area contributed by atoms with Crippen molar-refractivity contribution in [2.45, 2.75) is 58.4 Å². The summed E-state index contributed by atoms with van der Waals surface area (Å²) in [6.45, 7) is 8.55. The van der Waals surface area contributed by atoms with E-state index in [1.54, 1.807) is 6.20 Å². The molecule has 0 bridgehead atoms. The predicted molar refractivity (Wildman–Crippen MR) is 139 cm³/mol. The van der Waals surface area contributed by atoms with Gasteiger partial charge < -0.3 is 15.0 Å². The number of anilines is 1. The Balaban J connectivity index is 1.21. The number of nitrogens with zero attached hydrogens (tertiary/aromatic N) is 5. The highest BCUT2D eigenvalue weighted by Crippen LogP contribution is 2.41. The summed E-state index contributed by atoms with van der Waals surface area (Å²) in [6, 6.07) is 6.24. The number of aromatic amines is 1. The summed E-state index contributed by atoms with van der Waals surface area (Å²) in [5, 5.41) is 16.0. The number of H-pyrrole nitrogens is 1. The van der Waals surface area contributed by atoms with Crippen LogP contribution in [-0.2, 0) is 4.79 Å². The van der Waals surface area contributed by atoms with Crippen LogP contribution in [0.15, 0.2) is 36.8 Å². The maximum atomic E-state index is 12.8. The average molecular weight is 488 g/mol. The van der Waals surface area contributed by atoms with Crippen molar-refractivity contribution in [3.8, 4) is 16.9 Å². The Kier molecular flexibility index (Phi) is 5.39. The van der Waals surface area contributed by atoms with E-state index in [9.17, 15) is 4.79 Å². The maximum absolute atomic E-state index is 12.8.